The van der Waals surface area contributed by atoms with E-state index in [1.54, 1.807) is 0 Å². The van der Waals surface area contributed by atoms with Gasteiger partial charge in [0.05, 0.1) is 5.92 Å². The van der Waals surface area contributed by atoms with Crippen LogP contribution in [0.4, 0.5) is 0 Å². The molecule has 0 rings (SSSR count). The first-order valence-corrected chi connectivity index (χ1v) is 16.7. The number of unbranched alkanes of at least 4 members (excludes halogenated alkanes) is 12. The van der Waals surface area contributed by atoms with Crippen LogP contribution in [0, 0.1) is 11.3 Å². The van der Waals surface area contributed by atoms with Gasteiger partial charge in [-0.3, -0.25) is 4.79 Å². The standard InChI is InChI=1S/C24H51P.C8H16O2/c1-4-7-19-24(20-8-5-2,21-9-6-3)22-17-15-13-11-10-12-14-16-18-23-25;1-3-5-6-7(4-2)8(9)10/h4-23,25H2,1-3H3;7H,3-6H2,1-2H3,(H,9,10). The van der Waals surface area contributed by atoms with Crippen molar-refractivity contribution in [3.8, 4) is 0 Å². The normalized spacial score (nSPS) is 12.3. The molecule has 0 spiro atoms. The minimum atomic E-state index is -0.643. The summed E-state index contributed by atoms with van der Waals surface area (Å²) >= 11 is 0. The summed E-state index contributed by atoms with van der Waals surface area (Å²) in [5.41, 5.74) is 0.695. The fourth-order valence-electron chi connectivity index (χ4n) is 5.24. The molecule has 0 fully saturated rings. The van der Waals surface area contributed by atoms with Crippen LogP contribution in [0.1, 0.15) is 182 Å². The summed E-state index contributed by atoms with van der Waals surface area (Å²) in [6.45, 7) is 11.1. The van der Waals surface area contributed by atoms with Crippen LogP contribution in [-0.4, -0.2) is 17.2 Å². The zero-order chi connectivity index (χ0) is 26.6. The number of carboxylic acids is 1. The van der Waals surface area contributed by atoms with Gasteiger partial charge in [-0.25, -0.2) is 0 Å². The number of carbonyl (C=O) groups is 1. The Morgan fingerprint density at radius 2 is 0.971 bits per heavy atom. The summed E-state index contributed by atoms with van der Waals surface area (Å²) in [5, 5.41) is 8.60. The zero-order valence-corrected chi connectivity index (χ0v) is 26.1. The summed E-state index contributed by atoms with van der Waals surface area (Å²) in [7, 11) is 2.85. The van der Waals surface area contributed by atoms with E-state index in [9.17, 15) is 4.79 Å². The molecule has 0 aromatic carbocycles. The van der Waals surface area contributed by atoms with Crippen LogP contribution < -0.4 is 0 Å². The molecule has 0 aromatic rings. The summed E-state index contributed by atoms with van der Waals surface area (Å²) in [5.74, 6) is -0.754. The van der Waals surface area contributed by atoms with Gasteiger partial charge in [-0.05, 0) is 56.5 Å². The van der Waals surface area contributed by atoms with Gasteiger partial charge in [0, 0.05) is 0 Å². The molecule has 2 unspecified atom stereocenters. The minimum absolute atomic E-state index is 0.111. The van der Waals surface area contributed by atoms with Crippen molar-refractivity contribution < 1.29 is 9.90 Å². The topological polar surface area (TPSA) is 37.3 Å². The minimum Gasteiger partial charge on any atom is -0.481 e. The summed E-state index contributed by atoms with van der Waals surface area (Å²) < 4.78 is 0. The van der Waals surface area contributed by atoms with Crippen molar-refractivity contribution in [1.29, 1.82) is 0 Å². The van der Waals surface area contributed by atoms with E-state index in [1.165, 1.54) is 128 Å². The average molecular weight is 515 g/mol. The molecule has 0 saturated heterocycles. The molecular formula is C32H67O2P. The first-order valence-electron chi connectivity index (χ1n) is 15.9. The van der Waals surface area contributed by atoms with Crippen molar-refractivity contribution in [3.63, 3.8) is 0 Å². The Labute approximate surface area is 224 Å². The zero-order valence-electron chi connectivity index (χ0n) is 25.0. The molecule has 0 aromatic heterocycles. The molecule has 35 heavy (non-hydrogen) atoms. The van der Waals surface area contributed by atoms with Crippen molar-refractivity contribution in [2.24, 2.45) is 11.3 Å². The number of carboxylic acid groups (broad SMARTS) is 1. The van der Waals surface area contributed by atoms with Gasteiger partial charge in [-0.2, -0.15) is 0 Å². The van der Waals surface area contributed by atoms with Crippen LogP contribution in [0.3, 0.4) is 0 Å². The quantitative estimate of drug-likeness (QED) is 0.0971. The maximum absolute atomic E-state index is 10.4. The number of aliphatic carboxylic acids is 1. The van der Waals surface area contributed by atoms with Crippen molar-refractivity contribution >= 4 is 15.2 Å². The van der Waals surface area contributed by atoms with E-state index >= 15 is 0 Å². The molecule has 0 bridgehead atoms. The van der Waals surface area contributed by atoms with Crippen LogP contribution in [0.2, 0.25) is 0 Å². The molecule has 0 aliphatic heterocycles. The van der Waals surface area contributed by atoms with E-state index in [1.807, 2.05) is 6.92 Å². The lowest BCUT2D eigenvalue weighted by molar-refractivity contribution is -0.142. The van der Waals surface area contributed by atoms with Gasteiger partial charge < -0.3 is 5.11 Å². The van der Waals surface area contributed by atoms with Gasteiger partial charge in [0.15, 0.2) is 0 Å². The van der Waals surface area contributed by atoms with Crippen molar-refractivity contribution in [2.45, 2.75) is 182 Å². The third-order valence-corrected chi connectivity index (χ3v) is 8.25. The smallest absolute Gasteiger partial charge is 0.306 e. The third kappa shape index (κ3) is 24.0. The highest BCUT2D eigenvalue weighted by Gasteiger charge is 2.27. The fourth-order valence-corrected chi connectivity index (χ4v) is 5.53. The highest BCUT2D eigenvalue weighted by Crippen LogP contribution is 2.41. The molecule has 0 amide bonds. The SMILES string of the molecule is CCCCC(CC)C(=O)O.CCCCC(CCCC)(CCCC)CCCCCCCCCCCP. The third-order valence-electron chi connectivity index (χ3n) is 7.84. The Morgan fingerprint density at radius 1 is 0.600 bits per heavy atom. The Kier molecular flexibility index (Phi) is 30.1. The number of hydrogen-bond acceptors (Lipinski definition) is 1. The van der Waals surface area contributed by atoms with Crippen LogP contribution in [0.15, 0.2) is 0 Å². The molecule has 212 valence electrons. The average Bonchev–Trinajstić information content (AvgIpc) is 2.86. The summed E-state index contributed by atoms with van der Waals surface area (Å²) in [6, 6.07) is 0. The maximum atomic E-state index is 10.4. The fraction of sp³-hybridized carbons (Fsp3) is 0.969. The van der Waals surface area contributed by atoms with Crippen LogP contribution in [0.5, 0.6) is 0 Å². The van der Waals surface area contributed by atoms with E-state index in [4.69, 9.17) is 5.11 Å². The second kappa shape index (κ2) is 28.5. The highest BCUT2D eigenvalue weighted by molar-refractivity contribution is 7.16. The predicted octanol–water partition coefficient (Wildman–Crippen LogP) is 11.6. The van der Waals surface area contributed by atoms with Gasteiger partial charge in [0.1, 0.15) is 0 Å². The largest absolute Gasteiger partial charge is 0.481 e. The van der Waals surface area contributed by atoms with Crippen LogP contribution in [-0.2, 0) is 4.79 Å². The van der Waals surface area contributed by atoms with Gasteiger partial charge in [-0.15, -0.1) is 9.24 Å². The summed E-state index contributed by atoms with van der Waals surface area (Å²) in [6.07, 6.45) is 32.7. The molecule has 2 atom stereocenters. The Morgan fingerprint density at radius 3 is 1.31 bits per heavy atom. The monoisotopic (exact) mass is 514 g/mol. The highest BCUT2D eigenvalue weighted by atomic mass is 31.0. The van der Waals surface area contributed by atoms with Gasteiger partial charge in [0.25, 0.3) is 0 Å². The molecule has 0 radical (unpaired) electrons. The lowest BCUT2D eigenvalue weighted by atomic mass is 9.71. The first kappa shape index (κ1) is 37.1. The second-order valence-corrected chi connectivity index (χ2v) is 11.7. The number of rotatable bonds is 25. The Balaban J connectivity index is 0. The van der Waals surface area contributed by atoms with Crippen LogP contribution >= 0.6 is 9.24 Å². The van der Waals surface area contributed by atoms with Crippen molar-refractivity contribution in [2.75, 3.05) is 6.16 Å². The first-order chi connectivity index (χ1) is 17.0. The second-order valence-electron chi connectivity index (χ2n) is 11.1. The lowest BCUT2D eigenvalue weighted by Gasteiger charge is -2.35. The number of hydrogen-bond donors (Lipinski definition) is 1. The van der Waals surface area contributed by atoms with Crippen molar-refractivity contribution in [1.82, 2.24) is 0 Å². The van der Waals surface area contributed by atoms with E-state index in [0.29, 0.717) is 5.41 Å². The molecule has 0 aliphatic carbocycles. The van der Waals surface area contributed by atoms with E-state index in [2.05, 4.69) is 36.9 Å². The molecule has 0 saturated carbocycles. The Bertz CT molecular complexity index is 402. The molecule has 2 nitrogen and oxygen atoms in total. The van der Waals surface area contributed by atoms with Crippen molar-refractivity contribution in [3.05, 3.63) is 0 Å². The van der Waals surface area contributed by atoms with Gasteiger partial charge in [-0.1, -0.05) is 137 Å². The van der Waals surface area contributed by atoms with E-state index in [0.717, 1.165) is 25.7 Å². The van der Waals surface area contributed by atoms with E-state index < -0.39 is 5.97 Å². The molecule has 0 aliphatic rings. The van der Waals surface area contributed by atoms with E-state index in [-0.39, 0.29) is 5.92 Å². The molecular weight excluding hydrogens is 447 g/mol. The van der Waals surface area contributed by atoms with Crippen LogP contribution in [0.25, 0.3) is 0 Å². The molecule has 3 heteroatoms. The lowest BCUT2D eigenvalue weighted by Crippen LogP contribution is -2.21. The maximum Gasteiger partial charge on any atom is 0.306 e. The predicted molar refractivity (Wildman–Crippen MR) is 163 cm³/mol. The molecule has 0 heterocycles. The van der Waals surface area contributed by atoms with Gasteiger partial charge >= 0.3 is 5.97 Å². The Hall–Kier alpha value is -0.100. The summed E-state index contributed by atoms with van der Waals surface area (Å²) in [4.78, 5) is 10.4. The van der Waals surface area contributed by atoms with Gasteiger partial charge in [0.2, 0.25) is 0 Å². The molecule has 1 N–H and O–H groups in total.